The van der Waals surface area contributed by atoms with Crippen molar-refractivity contribution in [1.82, 2.24) is 0 Å². The van der Waals surface area contributed by atoms with Gasteiger partial charge >= 0.3 is 5.97 Å². The van der Waals surface area contributed by atoms with Gasteiger partial charge in [0.05, 0.1) is 19.1 Å². The highest BCUT2D eigenvalue weighted by Crippen LogP contribution is 2.33. The van der Waals surface area contributed by atoms with E-state index in [1.54, 1.807) is 31.2 Å². The number of ketones is 1. The van der Waals surface area contributed by atoms with E-state index < -0.39 is 17.9 Å². The third-order valence-electron chi connectivity index (χ3n) is 3.80. The SMILES string of the molecule is CCOC(=O)C1C(C(C)=O)CC(=O)N1c1ccc(OCC)cc1. The Morgan fingerprint density at radius 3 is 2.35 bits per heavy atom. The third kappa shape index (κ3) is 3.52. The molecule has 124 valence electrons. The van der Waals surface area contributed by atoms with E-state index in [2.05, 4.69) is 0 Å². The van der Waals surface area contributed by atoms with Crippen molar-refractivity contribution in [2.45, 2.75) is 33.2 Å². The number of hydrogen-bond donors (Lipinski definition) is 0. The van der Waals surface area contributed by atoms with Crippen LogP contribution in [0.2, 0.25) is 0 Å². The maximum Gasteiger partial charge on any atom is 0.330 e. The van der Waals surface area contributed by atoms with Crippen molar-refractivity contribution in [2.75, 3.05) is 18.1 Å². The lowest BCUT2D eigenvalue weighted by atomic mass is 9.96. The van der Waals surface area contributed by atoms with Crippen LogP contribution in [0.3, 0.4) is 0 Å². The summed E-state index contributed by atoms with van der Waals surface area (Å²) >= 11 is 0. The standard InChI is InChI=1S/C17H21NO5/c1-4-22-13-8-6-12(7-9-13)18-15(20)10-14(11(3)19)16(18)17(21)23-5-2/h6-9,14,16H,4-5,10H2,1-3H3. The van der Waals surface area contributed by atoms with Crippen LogP contribution in [0.4, 0.5) is 5.69 Å². The molecule has 0 saturated carbocycles. The number of esters is 1. The number of anilines is 1. The van der Waals surface area contributed by atoms with E-state index in [4.69, 9.17) is 9.47 Å². The Bertz CT molecular complexity index is 596. The largest absolute Gasteiger partial charge is 0.494 e. The summed E-state index contributed by atoms with van der Waals surface area (Å²) in [4.78, 5) is 37.8. The minimum absolute atomic E-state index is 0.0199. The maximum absolute atomic E-state index is 12.4. The molecule has 2 unspecified atom stereocenters. The molecule has 0 aliphatic carbocycles. The van der Waals surface area contributed by atoms with E-state index in [1.807, 2.05) is 6.92 Å². The van der Waals surface area contributed by atoms with E-state index in [0.717, 1.165) is 0 Å². The van der Waals surface area contributed by atoms with Gasteiger partial charge in [-0.25, -0.2) is 4.79 Å². The average molecular weight is 319 g/mol. The van der Waals surface area contributed by atoms with Gasteiger partial charge in [-0.2, -0.15) is 0 Å². The van der Waals surface area contributed by atoms with Gasteiger partial charge < -0.3 is 9.47 Å². The second kappa shape index (κ2) is 7.26. The molecule has 1 amide bonds. The van der Waals surface area contributed by atoms with Gasteiger partial charge in [0.25, 0.3) is 0 Å². The number of Topliss-reactive ketones (excluding diaryl/α,β-unsaturated/α-hetero) is 1. The van der Waals surface area contributed by atoms with Gasteiger partial charge in [-0.05, 0) is 45.0 Å². The van der Waals surface area contributed by atoms with Gasteiger partial charge in [0.1, 0.15) is 17.6 Å². The van der Waals surface area contributed by atoms with Crippen molar-refractivity contribution in [1.29, 1.82) is 0 Å². The first kappa shape index (κ1) is 17.0. The zero-order chi connectivity index (χ0) is 17.0. The van der Waals surface area contributed by atoms with Gasteiger partial charge in [-0.1, -0.05) is 0 Å². The third-order valence-corrected chi connectivity index (χ3v) is 3.80. The Morgan fingerprint density at radius 2 is 1.83 bits per heavy atom. The van der Waals surface area contributed by atoms with Crippen LogP contribution < -0.4 is 9.64 Å². The minimum Gasteiger partial charge on any atom is -0.494 e. The highest BCUT2D eigenvalue weighted by atomic mass is 16.5. The summed E-state index contributed by atoms with van der Waals surface area (Å²) in [5.74, 6) is -0.989. The van der Waals surface area contributed by atoms with Crippen LogP contribution in [-0.4, -0.2) is 36.9 Å². The summed E-state index contributed by atoms with van der Waals surface area (Å²) in [5.41, 5.74) is 0.556. The molecule has 0 radical (unpaired) electrons. The quantitative estimate of drug-likeness (QED) is 0.749. The van der Waals surface area contributed by atoms with Crippen LogP contribution in [0.5, 0.6) is 5.75 Å². The molecule has 0 N–H and O–H groups in total. The number of ether oxygens (including phenoxy) is 2. The molecule has 2 rings (SSSR count). The van der Waals surface area contributed by atoms with Gasteiger partial charge in [0.2, 0.25) is 5.91 Å². The fourth-order valence-electron chi connectivity index (χ4n) is 2.77. The molecule has 0 aromatic heterocycles. The van der Waals surface area contributed by atoms with Crippen LogP contribution in [-0.2, 0) is 19.1 Å². The summed E-state index contributed by atoms with van der Waals surface area (Å²) in [6.07, 6.45) is 0.0199. The number of carbonyl (C=O) groups excluding carboxylic acids is 3. The number of hydrogen-bond acceptors (Lipinski definition) is 5. The lowest BCUT2D eigenvalue weighted by molar-refractivity contribution is -0.147. The Hall–Kier alpha value is -2.37. The van der Waals surface area contributed by atoms with Gasteiger partial charge in [0.15, 0.2) is 0 Å². The average Bonchev–Trinajstić information content (AvgIpc) is 2.86. The fourth-order valence-corrected chi connectivity index (χ4v) is 2.77. The molecule has 0 spiro atoms. The molecule has 1 heterocycles. The fraction of sp³-hybridized carbons (Fsp3) is 0.471. The number of nitrogens with zero attached hydrogens (tertiary/aromatic N) is 1. The molecule has 1 aliphatic heterocycles. The highest BCUT2D eigenvalue weighted by Gasteiger charge is 2.47. The first-order valence-electron chi connectivity index (χ1n) is 7.71. The predicted octanol–water partition coefficient (Wildman–Crippen LogP) is 1.96. The van der Waals surface area contributed by atoms with Crippen LogP contribution in [0, 0.1) is 5.92 Å². The van der Waals surface area contributed by atoms with E-state index in [1.165, 1.54) is 11.8 Å². The Morgan fingerprint density at radius 1 is 1.17 bits per heavy atom. The molecule has 23 heavy (non-hydrogen) atoms. The maximum atomic E-state index is 12.4. The van der Waals surface area contributed by atoms with Crippen molar-refractivity contribution in [3.05, 3.63) is 24.3 Å². The van der Waals surface area contributed by atoms with Crippen LogP contribution in [0.15, 0.2) is 24.3 Å². The molecule has 0 bridgehead atoms. The number of amides is 1. The normalized spacial score (nSPS) is 20.5. The summed E-state index contributed by atoms with van der Waals surface area (Å²) in [5, 5.41) is 0. The molecular formula is C17H21NO5. The summed E-state index contributed by atoms with van der Waals surface area (Å²) in [6.45, 7) is 5.71. The van der Waals surface area contributed by atoms with E-state index in [0.29, 0.717) is 18.0 Å². The molecule has 1 aromatic carbocycles. The summed E-state index contributed by atoms with van der Waals surface area (Å²) in [6, 6.07) is 5.97. The number of benzene rings is 1. The van der Waals surface area contributed by atoms with Crippen molar-refractivity contribution < 1.29 is 23.9 Å². The van der Waals surface area contributed by atoms with E-state index >= 15 is 0 Å². The van der Waals surface area contributed by atoms with Gasteiger partial charge in [-0.3, -0.25) is 14.5 Å². The smallest absolute Gasteiger partial charge is 0.330 e. The summed E-state index contributed by atoms with van der Waals surface area (Å²) < 4.78 is 10.4. The topological polar surface area (TPSA) is 72.9 Å². The van der Waals surface area contributed by atoms with E-state index in [-0.39, 0.29) is 24.7 Å². The zero-order valence-electron chi connectivity index (χ0n) is 13.6. The molecule has 1 saturated heterocycles. The zero-order valence-corrected chi connectivity index (χ0v) is 13.6. The van der Waals surface area contributed by atoms with Crippen molar-refractivity contribution >= 4 is 23.3 Å². The lowest BCUT2D eigenvalue weighted by Crippen LogP contribution is -2.44. The number of rotatable bonds is 6. The predicted molar refractivity (Wildman–Crippen MR) is 84.3 cm³/mol. The Kier molecular flexibility index (Phi) is 5.36. The molecule has 1 aliphatic rings. The van der Waals surface area contributed by atoms with E-state index in [9.17, 15) is 14.4 Å². The minimum atomic E-state index is -0.905. The lowest BCUT2D eigenvalue weighted by Gasteiger charge is -2.25. The van der Waals surface area contributed by atoms with Crippen LogP contribution in [0.1, 0.15) is 27.2 Å². The molecular weight excluding hydrogens is 298 g/mol. The van der Waals surface area contributed by atoms with Crippen molar-refractivity contribution in [3.63, 3.8) is 0 Å². The summed E-state index contributed by atoms with van der Waals surface area (Å²) in [7, 11) is 0. The highest BCUT2D eigenvalue weighted by molar-refractivity contribution is 6.07. The second-order valence-electron chi connectivity index (χ2n) is 5.31. The Labute approximate surface area is 135 Å². The first-order valence-corrected chi connectivity index (χ1v) is 7.71. The Balaban J connectivity index is 2.34. The van der Waals surface area contributed by atoms with Crippen LogP contribution in [0.25, 0.3) is 0 Å². The monoisotopic (exact) mass is 319 g/mol. The molecule has 1 aromatic rings. The van der Waals surface area contributed by atoms with Gasteiger partial charge in [0, 0.05) is 12.1 Å². The van der Waals surface area contributed by atoms with Gasteiger partial charge in [-0.15, -0.1) is 0 Å². The molecule has 1 fully saturated rings. The molecule has 6 heteroatoms. The van der Waals surface area contributed by atoms with Crippen molar-refractivity contribution in [2.24, 2.45) is 5.92 Å². The second-order valence-corrected chi connectivity index (χ2v) is 5.31. The molecule has 6 nitrogen and oxygen atoms in total. The van der Waals surface area contributed by atoms with Crippen molar-refractivity contribution in [3.8, 4) is 5.75 Å². The molecule has 2 atom stereocenters. The first-order chi connectivity index (χ1) is 11.0. The number of carbonyl (C=O) groups is 3. The van der Waals surface area contributed by atoms with Crippen LogP contribution >= 0.6 is 0 Å².